The molecule has 1 aromatic heterocycles. The van der Waals surface area contributed by atoms with Gasteiger partial charge in [-0.1, -0.05) is 0 Å². The monoisotopic (exact) mass is 267 g/mol. The van der Waals surface area contributed by atoms with E-state index in [1.54, 1.807) is 26.8 Å². The van der Waals surface area contributed by atoms with Crippen LogP contribution in [0.1, 0.15) is 42.6 Å². The predicted molar refractivity (Wildman–Crippen MR) is 71.0 cm³/mol. The van der Waals surface area contributed by atoms with Gasteiger partial charge in [0.2, 0.25) is 0 Å². The van der Waals surface area contributed by atoms with E-state index >= 15 is 0 Å². The Morgan fingerprint density at radius 2 is 2.00 bits per heavy atom. The van der Waals surface area contributed by atoms with Gasteiger partial charge in [0.25, 0.3) is 5.91 Å². The Hall–Kier alpha value is -1.78. The summed E-state index contributed by atoms with van der Waals surface area (Å²) in [7, 11) is 0. The number of furan rings is 1. The molecule has 0 N–H and O–H groups in total. The van der Waals surface area contributed by atoms with Gasteiger partial charge in [-0.2, -0.15) is 0 Å². The van der Waals surface area contributed by atoms with Crippen molar-refractivity contribution in [1.82, 2.24) is 4.90 Å². The maximum absolute atomic E-state index is 12.4. The second-order valence-corrected chi connectivity index (χ2v) is 4.66. The molecule has 0 saturated heterocycles. The third-order valence-corrected chi connectivity index (χ3v) is 2.76. The van der Waals surface area contributed by atoms with Crippen molar-refractivity contribution in [3.05, 3.63) is 23.2 Å². The van der Waals surface area contributed by atoms with E-state index in [0.717, 1.165) is 0 Å². The summed E-state index contributed by atoms with van der Waals surface area (Å²) in [4.78, 5) is 25.4. The SMILES string of the molecule is CCOC(=O)CN(C(=O)c1cc(C)oc1C)C(C)C. The summed E-state index contributed by atoms with van der Waals surface area (Å²) in [6, 6.07) is 1.60. The van der Waals surface area contributed by atoms with E-state index in [4.69, 9.17) is 9.15 Å². The highest BCUT2D eigenvalue weighted by molar-refractivity contribution is 5.97. The van der Waals surface area contributed by atoms with Crippen LogP contribution in [0.5, 0.6) is 0 Å². The van der Waals surface area contributed by atoms with E-state index in [9.17, 15) is 9.59 Å². The Morgan fingerprint density at radius 1 is 1.37 bits per heavy atom. The van der Waals surface area contributed by atoms with Crippen LogP contribution < -0.4 is 0 Å². The van der Waals surface area contributed by atoms with Crippen LogP contribution >= 0.6 is 0 Å². The Morgan fingerprint density at radius 3 is 2.42 bits per heavy atom. The number of nitrogens with zero attached hydrogens (tertiary/aromatic N) is 1. The molecule has 0 aliphatic carbocycles. The number of amides is 1. The second kappa shape index (κ2) is 6.41. The zero-order chi connectivity index (χ0) is 14.6. The summed E-state index contributed by atoms with van der Waals surface area (Å²) in [6.07, 6.45) is 0. The normalized spacial score (nSPS) is 10.6. The minimum Gasteiger partial charge on any atom is -0.466 e. The molecule has 0 atom stereocenters. The van der Waals surface area contributed by atoms with Gasteiger partial charge in [-0.3, -0.25) is 9.59 Å². The predicted octanol–water partition coefficient (Wildman–Crippen LogP) is 2.31. The minimum absolute atomic E-state index is 0.0476. The molecule has 0 aromatic carbocycles. The van der Waals surface area contributed by atoms with E-state index in [1.165, 1.54) is 4.90 Å². The molecule has 0 unspecified atom stereocenters. The Bertz CT molecular complexity index is 462. The van der Waals surface area contributed by atoms with Crippen molar-refractivity contribution in [2.45, 2.75) is 40.7 Å². The molecule has 0 radical (unpaired) electrons. The molecule has 1 heterocycles. The van der Waals surface area contributed by atoms with Crippen molar-refractivity contribution >= 4 is 11.9 Å². The van der Waals surface area contributed by atoms with Gasteiger partial charge < -0.3 is 14.1 Å². The van der Waals surface area contributed by atoms with Crippen molar-refractivity contribution in [3.8, 4) is 0 Å². The van der Waals surface area contributed by atoms with E-state index in [2.05, 4.69) is 0 Å². The lowest BCUT2D eigenvalue weighted by molar-refractivity contribution is -0.144. The quantitative estimate of drug-likeness (QED) is 0.768. The first-order valence-electron chi connectivity index (χ1n) is 6.40. The molecule has 0 spiro atoms. The maximum atomic E-state index is 12.4. The van der Waals surface area contributed by atoms with Crippen LogP contribution in [0.3, 0.4) is 0 Å². The van der Waals surface area contributed by atoms with Crippen molar-refractivity contribution in [2.24, 2.45) is 0 Å². The van der Waals surface area contributed by atoms with Gasteiger partial charge in [-0.25, -0.2) is 0 Å². The average Bonchev–Trinajstić information content (AvgIpc) is 2.64. The molecule has 19 heavy (non-hydrogen) atoms. The summed E-state index contributed by atoms with van der Waals surface area (Å²) >= 11 is 0. The third-order valence-electron chi connectivity index (χ3n) is 2.76. The lowest BCUT2D eigenvalue weighted by Crippen LogP contribution is -2.41. The van der Waals surface area contributed by atoms with E-state index in [0.29, 0.717) is 23.7 Å². The highest BCUT2D eigenvalue weighted by Crippen LogP contribution is 2.17. The highest BCUT2D eigenvalue weighted by Gasteiger charge is 2.25. The Labute approximate surface area is 113 Å². The Balaban J connectivity index is 2.90. The van der Waals surface area contributed by atoms with Crippen LogP contribution in [0.25, 0.3) is 0 Å². The zero-order valence-electron chi connectivity index (χ0n) is 12.1. The molecule has 0 aliphatic heterocycles. The lowest BCUT2D eigenvalue weighted by Gasteiger charge is -2.25. The molecule has 0 bridgehead atoms. The molecule has 0 fully saturated rings. The molecule has 106 valence electrons. The first-order valence-corrected chi connectivity index (χ1v) is 6.40. The summed E-state index contributed by atoms with van der Waals surface area (Å²) in [5.41, 5.74) is 0.496. The highest BCUT2D eigenvalue weighted by atomic mass is 16.5. The van der Waals surface area contributed by atoms with Crippen LogP contribution in [-0.4, -0.2) is 36.0 Å². The average molecular weight is 267 g/mol. The van der Waals surface area contributed by atoms with Gasteiger partial charge in [-0.05, 0) is 40.7 Å². The minimum atomic E-state index is -0.401. The molecule has 0 saturated carbocycles. The van der Waals surface area contributed by atoms with Crippen molar-refractivity contribution in [1.29, 1.82) is 0 Å². The van der Waals surface area contributed by atoms with Crippen LogP contribution in [0.4, 0.5) is 0 Å². The summed E-state index contributed by atoms with van der Waals surface area (Å²) in [6.45, 7) is 9.25. The Kier molecular flexibility index (Phi) is 5.15. The zero-order valence-corrected chi connectivity index (χ0v) is 12.1. The number of esters is 1. The van der Waals surface area contributed by atoms with Crippen molar-refractivity contribution < 1.29 is 18.7 Å². The molecule has 5 nitrogen and oxygen atoms in total. The summed E-state index contributed by atoms with van der Waals surface area (Å²) < 4.78 is 10.2. The topological polar surface area (TPSA) is 59.8 Å². The standard InChI is InChI=1S/C14H21NO4/c1-6-18-13(16)8-15(9(2)3)14(17)12-7-10(4)19-11(12)5/h7,9H,6,8H2,1-5H3. The number of carbonyl (C=O) groups excluding carboxylic acids is 2. The first kappa shape index (κ1) is 15.3. The van der Waals surface area contributed by atoms with Crippen LogP contribution in [0, 0.1) is 13.8 Å². The van der Waals surface area contributed by atoms with Gasteiger partial charge in [0.1, 0.15) is 18.1 Å². The third kappa shape index (κ3) is 3.84. The number of hydrogen-bond acceptors (Lipinski definition) is 4. The number of carbonyl (C=O) groups is 2. The van der Waals surface area contributed by atoms with Gasteiger partial charge >= 0.3 is 5.97 Å². The first-order chi connectivity index (χ1) is 8.86. The molecular formula is C14H21NO4. The molecule has 1 rings (SSSR count). The smallest absolute Gasteiger partial charge is 0.325 e. The molecule has 1 amide bonds. The second-order valence-electron chi connectivity index (χ2n) is 4.66. The lowest BCUT2D eigenvalue weighted by atomic mass is 10.2. The fraction of sp³-hybridized carbons (Fsp3) is 0.571. The van der Waals surface area contributed by atoms with E-state index in [1.807, 2.05) is 13.8 Å². The summed E-state index contributed by atoms with van der Waals surface area (Å²) in [5, 5.41) is 0. The van der Waals surface area contributed by atoms with Crippen LogP contribution in [0.2, 0.25) is 0 Å². The fourth-order valence-electron chi connectivity index (χ4n) is 1.83. The van der Waals surface area contributed by atoms with Crippen molar-refractivity contribution in [2.75, 3.05) is 13.2 Å². The van der Waals surface area contributed by atoms with E-state index in [-0.39, 0.29) is 18.5 Å². The van der Waals surface area contributed by atoms with Crippen LogP contribution in [-0.2, 0) is 9.53 Å². The molecular weight excluding hydrogens is 246 g/mol. The number of ether oxygens (including phenoxy) is 1. The molecule has 0 aliphatic rings. The van der Waals surface area contributed by atoms with Gasteiger partial charge in [-0.15, -0.1) is 0 Å². The summed E-state index contributed by atoms with van der Waals surface area (Å²) in [5.74, 6) is 0.637. The van der Waals surface area contributed by atoms with Gasteiger partial charge in [0.05, 0.1) is 12.2 Å². The molecule has 5 heteroatoms. The largest absolute Gasteiger partial charge is 0.466 e. The van der Waals surface area contributed by atoms with Gasteiger partial charge in [0, 0.05) is 6.04 Å². The fourth-order valence-corrected chi connectivity index (χ4v) is 1.83. The number of aryl methyl sites for hydroxylation is 2. The van der Waals surface area contributed by atoms with Gasteiger partial charge in [0.15, 0.2) is 0 Å². The van der Waals surface area contributed by atoms with E-state index < -0.39 is 5.97 Å². The maximum Gasteiger partial charge on any atom is 0.325 e. The number of hydrogen-bond donors (Lipinski definition) is 0. The van der Waals surface area contributed by atoms with Crippen molar-refractivity contribution in [3.63, 3.8) is 0 Å². The number of rotatable bonds is 5. The molecule has 1 aromatic rings. The van der Waals surface area contributed by atoms with Crippen LogP contribution in [0.15, 0.2) is 10.5 Å².